The van der Waals surface area contributed by atoms with Crippen molar-refractivity contribution in [3.8, 4) is 0 Å². The molecule has 402 valence electrons. The number of carbonyl (C=O) groups excluding carboxylic acids is 2. The highest BCUT2D eigenvalue weighted by Crippen LogP contribution is 2.34. The molecular formula is C52H73ClN6O14. The number of nitrogens with two attached hydrogens (primary N) is 1. The molecule has 4 aromatic heterocycles. The molecule has 4 heterocycles. The molecule has 8 rings (SSSR count). The van der Waals surface area contributed by atoms with Crippen molar-refractivity contribution < 1.29 is 47.9 Å². The Bertz CT molecular complexity index is 2700. The number of carbonyl (C=O) groups is 3. The van der Waals surface area contributed by atoms with E-state index in [1.165, 1.54) is 23.8 Å². The number of aromatic nitrogens is 4. The van der Waals surface area contributed by atoms with Crippen molar-refractivity contribution in [3.63, 3.8) is 0 Å². The number of methoxy groups -OCH3 is 5. The minimum absolute atomic E-state index is 0. The fourth-order valence-electron chi connectivity index (χ4n) is 10.0. The molecule has 8 atom stereocenters. The summed E-state index contributed by atoms with van der Waals surface area (Å²) in [7, 11) is 7.90. The number of nitrogens with zero attached hydrogens (tertiary/aromatic N) is 4. The number of anilines is 2. The number of esters is 1. The van der Waals surface area contributed by atoms with Crippen LogP contribution in [0.5, 0.6) is 0 Å². The predicted molar refractivity (Wildman–Crippen MR) is 277 cm³/mol. The van der Waals surface area contributed by atoms with Crippen LogP contribution in [-0.4, -0.2) is 107 Å². The summed E-state index contributed by atoms with van der Waals surface area (Å²) in [5.74, 6) is -1.78. The predicted octanol–water partition coefficient (Wildman–Crippen LogP) is 7.19. The van der Waals surface area contributed by atoms with Gasteiger partial charge in [-0.2, -0.15) is 0 Å². The maximum Gasteiger partial charge on any atom is 0.412 e. The van der Waals surface area contributed by atoms with Crippen LogP contribution in [0.1, 0.15) is 143 Å². The van der Waals surface area contributed by atoms with E-state index in [0.717, 1.165) is 77.0 Å². The van der Waals surface area contributed by atoms with Crippen LogP contribution in [0.2, 0.25) is 0 Å². The molecular weight excluding hydrogens is 968 g/mol. The summed E-state index contributed by atoms with van der Waals surface area (Å²) in [6.45, 7) is 5.33. The average molecular weight is 1040 g/mol. The summed E-state index contributed by atoms with van der Waals surface area (Å²) >= 11 is 0. The van der Waals surface area contributed by atoms with Gasteiger partial charge in [-0.15, -0.1) is 12.4 Å². The number of carboxylic acid groups (broad SMARTS) is 1. The summed E-state index contributed by atoms with van der Waals surface area (Å²) in [6, 6.07) is 13.0. The molecule has 0 aromatic carbocycles. The van der Waals surface area contributed by atoms with Gasteiger partial charge in [0.2, 0.25) is 0 Å². The van der Waals surface area contributed by atoms with Gasteiger partial charge in [0.15, 0.2) is 0 Å². The number of ether oxygens (including phenoxy) is 6. The van der Waals surface area contributed by atoms with Crippen molar-refractivity contribution in [2.75, 3.05) is 46.6 Å². The summed E-state index contributed by atoms with van der Waals surface area (Å²) in [4.78, 5) is 82.8. The van der Waals surface area contributed by atoms with E-state index in [4.69, 9.17) is 34.5 Å². The molecule has 4 aliphatic rings. The molecule has 73 heavy (non-hydrogen) atoms. The first kappa shape index (κ1) is 59.5. The van der Waals surface area contributed by atoms with Crippen LogP contribution >= 0.6 is 12.4 Å². The van der Waals surface area contributed by atoms with Gasteiger partial charge in [-0.3, -0.25) is 24.5 Å². The van der Waals surface area contributed by atoms with Crippen molar-refractivity contribution in [1.29, 1.82) is 0 Å². The van der Waals surface area contributed by atoms with Gasteiger partial charge >= 0.3 is 18.0 Å². The van der Waals surface area contributed by atoms with Crippen molar-refractivity contribution >= 4 is 41.8 Å². The van der Waals surface area contributed by atoms with Gasteiger partial charge in [-0.05, 0) is 146 Å². The lowest BCUT2D eigenvalue weighted by atomic mass is 10.2. The fourth-order valence-corrected chi connectivity index (χ4v) is 10.0. The Morgan fingerprint density at radius 2 is 0.904 bits per heavy atom. The molecule has 4 fully saturated rings. The number of pyridine rings is 4. The first-order valence-electron chi connectivity index (χ1n) is 24.4. The summed E-state index contributed by atoms with van der Waals surface area (Å²) < 4.78 is 37.7. The number of hydrogen-bond acceptors (Lipinski definition) is 14. The second kappa shape index (κ2) is 27.8. The number of halogens is 1. The number of nitrogens with one attached hydrogen (secondary N) is 1. The van der Waals surface area contributed by atoms with Crippen molar-refractivity contribution in [3.05, 3.63) is 126 Å². The van der Waals surface area contributed by atoms with E-state index in [9.17, 15) is 33.6 Å². The largest absolute Gasteiger partial charge is 0.477 e. The maximum absolute atomic E-state index is 12.6. The average Bonchev–Trinajstić information content (AvgIpc) is 4.21. The Hall–Kier alpha value is -6.06. The summed E-state index contributed by atoms with van der Waals surface area (Å²) in [5.41, 5.74) is 4.31. The highest BCUT2D eigenvalue weighted by Gasteiger charge is 2.33. The third kappa shape index (κ3) is 15.3. The second-order valence-corrected chi connectivity index (χ2v) is 19.1. The molecule has 0 aliphatic heterocycles. The van der Waals surface area contributed by atoms with E-state index in [-0.39, 0.29) is 94.5 Å². The molecule has 4 aromatic rings. The van der Waals surface area contributed by atoms with E-state index < -0.39 is 29.2 Å². The molecule has 21 heteroatoms. The lowest BCUT2D eigenvalue weighted by Crippen LogP contribution is -2.33. The van der Waals surface area contributed by atoms with Crippen LogP contribution < -0.4 is 33.3 Å². The van der Waals surface area contributed by atoms with Gasteiger partial charge in [-0.25, -0.2) is 14.4 Å². The number of nitrogen functional groups attached to an aromatic ring is 1. The van der Waals surface area contributed by atoms with Crippen LogP contribution in [0.4, 0.5) is 16.2 Å². The quantitative estimate of drug-likeness (QED) is 0.126. The molecule has 20 nitrogen and oxygen atoms in total. The number of rotatable bonds is 11. The number of hydrogen-bond donors (Lipinski definition) is 3. The molecule has 4 aliphatic carbocycles. The van der Waals surface area contributed by atoms with Crippen LogP contribution in [-0.2, 0) is 28.4 Å². The normalized spacial score (nSPS) is 23.0. The third-order valence-electron chi connectivity index (χ3n) is 13.5. The molecule has 4 N–H and O–H groups in total. The monoisotopic (exact) mass is 1040 g/mol. The van der Waals surface area contributed by atoms with Gasteiger partial charge < -0.3 is 57.5 Å². The lowest BCUT2D eigenvalue weighted by molar-refractivity contribution is 0.0588. The van der Waals surface area contributed by atoms with Crippen LogP contribution in [0.3, 0.4) is 0 Å². The molecule has 1 amide bonds. The standard InChI is InChI=1S/C16H24N2O4.C13H17NO4.C12H15NO4.C11H16N2O2.ClH/c1-16(2,3)22-15(20)17-11-7-6-10-18(14(11)19)12-8-5-9-13(12)21-4;1-17-11-7-3-6-10(11)14-8-4-5-9(12(14)15)13(16)18-2;1-17-10-6-2-5-9(10)13-7-3-4-8(11(13)14)12(15)16;1-15-10-6-2-5-9(10)13-7-3-4-8(12)11(13)14;/h6-7,10,12-13H,5,8-9H2,1-4H3,(H,17,20);4-5,8,10-11H,3,6-7H2,1-2H3;3-4,7,9-10H,2,5-6H2,1H3,(H,15,16);3-4,7,9-10H,2,5-6,12H2,1H3;1H/t12?,13-;10?,11-;2*9?,10-;/m1111./s1. The van der Waals surface area contributed by atoms with E-state index >= 15 is 0 Å². The van der Waals surface area contributed by atoms with Gasteiger partial charge in [0.1, 0.15) is 22.4 Å². The van der Waals surface area contributed by atoms with Crippen LogP contribution in [0, 0.1) is 0 Å². The summed E-state index contributed by atoms with van der Waals surface area (Å²) in [6.07, 6.45) is 18.0. The van der Waals surface area contributed by atoms with Crippen LogP contribution in [0.25, 0.3) is 0 Å². The highest BCUT2D eigenvalue weighted by molar-refractivity contribution is 5.89. The SMILES string of the molecule is COC(=O)c1cccn(C2CCC[C@H]2OC)c1=O.CO[C@@H]1CCCC1n1cccc(C(=O)O)c1=O.CO[C@@H]1CCCC1n1cccc(N)c1=O.CO[C@@H]1CCCC1n1cccc(NC(=O)OC(C)(C)C)c1=O.Cl. The van der Waals surface area contributed by atoms with E-state index in [0.29, 0.717) is 5.69 Å². The van der Waals surface area contributed by atoms with Gasteiger partial charge in [-0.1, -0.05) is 0 Å². The fraction of sp³-hybridized carbons (Fsp3) is 0.558. The molecule has 4 saturated carbocycles. The Balaban J connectivity index is 0.000000212. The van der Waals surface area contributed by atoms with Gasteiger partial charge in [0.05, 0.1) is 61.4 Å². The Morgan fingerprint density at radius 3 is 1.29 bits per heavy atom. The minimum Gasteiger partial charge on any atom is -0.477 e. The minimum atomic E-state index is -1.18. The zero-order valence-electron chi connectivity index (χ0n) is 43.1. The number of amides is 1. The molecule has 0 spiro atoms. The first-order valence-corrected chi connectivity index (χ1v) is 24.4. The number of carboxylic acids is 1. The molecule has 4 unspecified atom stereocenters. The van der Waals surface area contributed by atoms with Gasteiger partial charge in [0.25, 0.3) is 22.2 Å². The molecule has 0 radical (unpaired) electrons. The van der Waals surface area contributed by atoms with E-state index in [2.05, 4.69) is 10.1 Å². The van der Waals surface area contributed by atoms with Crippen molar-refractivity contribution in [2.45, 2.75) is 152 Å². The zero-order valence-corrected chi connectivity index (χ0v) is 43.9. The second-order valence-electron chi connectivity index (χ2n) is 19.1. The van der Waals surface area contributed by atoms with Crippen molar-refractivity contribution in [1.82, 2.24) is 18.3 Å². The Kier molecular flexibility index (Phi) is 22.7. The smallest absolute Gasteiger partial charge is 0.412 e. The Labute approximate surface area is 431 Å². The Morgan fingerprint density at radius 1 is 0.548 bits per heavy atom. The van der Waals surface area contributed by atoms with Crippen molar-refractivity contribution in [2.24, 2.45) is 0 Å². The highest BCUT2D eigenvalue weighted by atomic mass is 35.5. The van der Waals surface area contributed by atoms with E-state index in [1.54, 1.807) is 118 Å². The lowest BCUT2D eigenvalue weighted by Gasteiger charge is -2.22. The third-order valence-corrected chi connectivity index (χ3v) is 13.5. The number of aromatic carboxylic acids is 1. The maximum atomic E-state index is 12.6. The zero-order chi connectivity index (χ0) is 52.7. The summed E-state index contributed by atoms with van der Waals surface area (Å²) in [5, 5.41) is 11.4. The van der Waals surface area contributed by atoms with E-state index in [1.807, 2.05) is 6.07 Å². The molecule has 0 saturated heterocycles. The van der Waals surface area contributed by atoms with Gasteiger partial charge in [0, 0.05) is 53.2 Å². The van der Waals surface area contributed by atoms with Crippen LogP contribution in [0.15, 0.2) is 92.5 Å². The first-order chi connectivity index (χ1) is 34.4. The topological polar surface area (TPSA) is 253 Å². The molecule has 0 bridgehead atoms.